The number of thiazole rings is 1. The average molecular weight is 659 g/mol. The van der Waals surface area contributed by atoms with Gasteiger partial charge in [-0.3, -0.25) is 14.5 Å². The Hall–Kier alpha value is -3.51. The van der Waals surface area contributed by atoms with E-state index in [1.54, 1.807) is 43.3 Å². The van der Waals surface area contributed by atoms with Crippen LogP contribution >= 0.6 is 33.9 Å². The van der Waals surface area contributed by atoms with Crippen molar-refractivity contribution in [3.05, 3.63) is 92.0 Å². The van der Waals surface area contributed by atoms with Gasteiger partial charge in [0, 0.05) is 9.13 Å². The number of Topliss-reactive ketones (excluding diaryl/α,β-unsaturated/α-hetero) is 1. The van der Waals surface area contributed by atoms with Crippen molar-refractivity contribution < 1.29 is 29.0 Å². The highest BCUT2D eigenvalue weighted by molar-refractivity contribution is 14.1. The summed E-state index contributed by atoms with van der Waals surface area (Å²) in [4.78, 5) is 45.3. The van der Waals surface area contributed by atoms with Gasteiger partial charge in [0.15, 0.2) is 5.13 Å². The number of carbonyl (C=O) groups excluding carboxylic acids is 3. The van der Waals surface area contributed by atoms with E-state index in [1.807, 2.05) is 12.1 Å². The summed E-state index contributed by atoms with van der Waals surface area (Å²) in [6, 6.07) is 13.1. The van der Waals surface area contributed by atoms with Gasteiger partial charge in [-0.1, -0.05) is 61.6 Å². The highest BCUT2D eigenvalue weighted by Crippen LogP contribution is 2.44. The molecule has 1 fully saturated rings. The van der Waals surface area contributed by atoms with E-state index < -0.39 is 23.7 Å². The number of nitrogens with zero attached hydrogens (tertiary/aromatic N) is 2. The summed E-state index contributed by atoms with van der Waals surface area (Å²) >= 11 is 3.12. The maximum absolute atomic E-state index is 13.4. The molecule has 1 aliphatic heterocycles. The van der Waals surface area contributed by atoms with E-state index >= 15 is 0 Å². The largest absolute Gasteiger partial charge is 0.507 e. The Morgan fingerprint density at radius 1 is 1.23 bits per heavy atom. The van der Waals surface area contributed by atoms with E-state index in [-0.39, 0.29) is 27.9 Å². The first-order valence-corrected chi connectivity index (χ1v) is 14.2. The van der Waals surface area contributed by atoms with Crippen LogP contribution in [-0.2, 0) is 14.3 Å². The van der Waals surface area contributed by atoms with Crippen LogP contribution in [0.4, 0.5) is 5.13 Å². The van der Waals surface area contributed by atoms with Crippen LogP contribution < -0.4 is 9.64 Å². The Kier molecular flexibility index (Phi) is 9.18. The van der Waals surface area contributed by atoms with Crippen molar-refractivity contribution in [2.75, 3.05) is 18.1 Å². The number of hydrogen-bond donors (Lipinski definition) is 1. The fourth-order valence-corrected chi connectivity index (χ4v) is 5.44. The fourth-order valence-electron chi connectivity index (χ4n) is 4.09. The number of aromatic nitrogens is 1. The number of ether oxygens (including phenoxy) is 2. The number of anilines is 1. The standard InChI is InChI=1S/C29H27IN2O6S/c1-4-6-15-37-21-9-7-8-19(16-21)24(33)22-23(18-10-12-20(30)13-11-18)32(27(35)25(22)34)29-31-17(3)26(39-29)28(36)38-14-5-2/h5,7-13,16,23,33H,2,4,6,14-15H2,1,3H3/b24-22+. The number of carbonyl (C=O) groups is 3. The molecule has 0 spiro atoms. The van der Waals surface area contributed by atoms with Gasteiger partial charge in [-0.15, -0.1) is 0 Å². The number of ketones is 1. The molecule has 1 saturated heterocycles. The molecule has 8 nitrogen and oxygen atoms in total. The van der Waals surface area contributed by atoms with Crippen molar-refractivity contribution in [3.63, 3.8) is 0 Å². The summed E-state index contributed by atoms with van der Waals surface area (Å²) in [5, 5.41) is 11.6. The van der Waals surface area contributed by atoms with Gasteiger partial charge in [-0.2, -0.15) is 0 Å². The van der Waals surface area contributed by atoms with E-state index in [0.717, 1.165) is 27.7 Å². The number of aliphatic hydroxyl groups excluding tert-OH is 1. The summed E-state index contributed by atoms with van der Waals surface area (Å²) < 4.78 is 11.9. The maximum atomic E-state index is 13.4. The molecule has 2 aromatic carbocycles. The van der Waals surface area contributed by atoms with Crippen molar-refractivity contribution in [3.8, 4) is 5.75 Å². The lowest BCUT2D eigenvalue weighted by Crippen LogP contribution is -2.29. The number of rotatable bonds is 10. The maximum Gasteiger partial charge on any atom is 0.350 e. The van der Waals surface area contributed by atoms with Gasteiger partial charge in [0.1, 0.15) is 23.0 Å². The number of benzene rings is 2. The Balaban J connectivity index is 1.82. The minimum Gasteiger partial charge on any atom is -0.507 e. The molecular weight excluding hydrogens is 631 g/mol. The van der Waals surface area contributed by atoms with Crippen LogP contribution in [0.25, 0.3) is 5.76 Å². The number of amides is 1. The van der Waals surface area contributed by atoms with Crippen molar-refractivity contribution >= 4 is 62.5 Å². The molecule has 1 atom stereocenters. The number of aryl methyl sites for hydroxylation is 1. The quantitative estimate of drug-likeness (QED) is 0.0526. The Morgan fingerprint density at radius 2 is 1.97 bits per heavy atom. The van der Waals surface area contributed by atoms with Crippen molar-refractivity contribution in [1.29, 1.82) is 0 Å². The first kappa shape index (κ1) is 28.5. The Bertz CT molecular complexity index is 1450. The molecule has 0 radical (unpaired) electrons. The smallest absolute Gasteiger partial charge is 0.350 e. The molecule has 1 N–H and O–H groups in total. The minimum atomic E-state index is -0.964. The lowest BCUT2D eigenvalue weighted by Gasteiger charge is -2.23. The van der Waals surface area contributed by atoms with Crippen LogP contribution in [0.15, 0.2) is 66.8 Å². The monoisotopic (exact) mass is 658 g/mol. The van der Waals surface area contributed by atoms with Crippen LogP contribution in [-0.4, -0.2) is 41.0 Å². The van der Waals surface area contributed by atoms with E-state index in [0.29, 0.717) is 29.2 Å². The minimum absolute atomic E-state index is 0.0277. The van der Waals surface area contributed by atoms with Crippen LogP contribution in [0.3, 0.4) is 0 Å². The molecular formula is C29H27IN2O6S. The van der Waals surface area contributed by atoms with E-state index in [9.17, 15) is 19.5 Å². The van der Waals surface area contributed by atoms with Gasteiger partial charge < -0.3 is 14.6 Å². The second-order valence-corrected chi connectivity index (χ2v) is 11.0. The summed E-state index contributed by atoms with van der Waals surface area (Å²) in [7, 11) is 0. The Labute approximate surface area is 244 Å². The zero-order valence-electron chi connectivity index (χ0n) is 21.5. The highest BCUT2D eigenvalue weighted by Gasteiger charge is 2.48. The lowest BCUT2D eigenvalue weighted by atomic mass is 9.95. The molecule has 1 aliphatic rings. The summed E-state index contributed by atoms with van der Waals surface area (Å²) in [6.45, 7) is 7.78. The molecule has 4 rings (SSSR count). The molecule has 2 heterocycles. The number of esters is 1. The summed E-state index contributed by atoms with van der Waals surface area (Å²) in [6.07, 6.45) is 3.31. The molecule has 0 aliphatic carbocycles. The third-order valence-corrected chi connectivity index (χ3v) is 7.87. The number of halogens is 1. The van der Waals surface area contributed by atoms with Crippen LogP contribution in [0.1, 0.15) is 52.3 Å². The lowest BCUT2D eigenvalue weighted by molar-refractivity contribution is -0.132. The molecule has 1 aromatic heterocycles. The zero-order chi connectivity index (χ0) is 28.1. The number of unbranched alkanes of at least 4 members (excludes halogenated alkanes) is 1. The second kappa shape index (κ2) is 12.6. The molecule has 39 heavy (non-hydrogen) atoms. The van der Waals surface area contributed by atoms with E-state index in [2.05, 4.69) is 41.1 Å². The van der Waals surface area contributed by atoms with Crippen molar-refractivity contribution in [2.24, 2.45) is 0 Å². The SMILES string of the molecule is C=CCOC(=O)c1sc(N2C(=O)C(=O)/C(=C(/O)c3cccc(OCCCC)c3)C2c2ccc(I)cc2)nc1C. The summed E-state index contributed by atoms with van der Waals surface area (Å²) in [5.41, 5.74) is 1.25. The number of hydrogen-bond acceptors (Lipinski definition) is 8. The highest BCUT2D eigenvalue weighted by atomic mass is 127. The van der Waals surface area contributed by atoms with Gasteiger partial charge in [0.2, 0.25) is 0 Å². The van der Waals surface area contributed by atoms with Gasteiger partial charge in [0.25, 0.3) is 5.78 Å². The fraction of sp³-hybridized carbons (Fsp3) is 0.241. The zero-order valence-corrected chi connectivity index (χ0v) is 24.5. The van der Waals surface area contributed by atoms with Gasteiger partial charge in [-0.25, -0.2) is 9.78 Å². The molecule has 0 bridgehead atoms. The van der Waals surface area contributed by atoms with E-state index in [4.69, 9.17) is 9.47 Å². The molecule has 202 valence electrons. The van der Waals surface area contributed by atoms with Gasteiger partial charge >= 0.3 is 11.9 Å². The molecule has 1 unspecified atom stereocenters. The second-order valence-electron chi connectivity index (χ2n) is 8.75. The summed E-state index contributed by atoms with van der Waals surface area (Å²) in [5.74, 6) is -2.07. The van der Waals surface area contributed by atoms with Crippen molar-refractivity contribution in [2.45, 2.75) is 32.7 Å². The predicted octanol–water partition coefficient (Wildman–Crippen LogP) is 6.20. The third kappa shape index (κ3) is 6.06. The normalized spacial score (nSPS) is 16.4. The molecule has 10 heteroatoms. The van der Waals surface area contributed by atoms with Crippen LogP contribution in [0.5, 0.6) is 5.75 Å². The number of aliphatic hydroxyl groups is 1. The first-order chi connectivity index (χ1) is 18.8. The van der Waals surface area contributed by atoms with Gasteiger partial charge in [0.05, 0.1) is 23.9 Å². The topological polar surface area (TPSA) is 106 Å². The van der Waals surface area contributed by atoms with Crippen LogP contribution in [0, 0.1) is 10.5 Å². The molecule has 0 saturated carbocycles. The predicted molar refractivity (Wildman–Crippen MR) is 158 cm³/mol. The molecule has 1 amide bonds. The molecule has 3 aromatic rings. The first-order valence-electron chi connectivity index (χ1n) is 12.3. The average Bonchev–Trinajstić information content (AvgIpc) is 3.44. The van der Waals surface area contributed by atoms with Gasteiger partial charge in [-0.05, 0) is 65.8 Å². The van der Waals surface area contributed by atoms with Crippen LogP contribution in [0.2, 0.25) is 0 Å². The van der Waals surface area contributed by atoms with E-state index in [1.165, 1.54) is 11.0 Å². The third-order valence-electron chi connectivity index (χ3n) is 6.01. The Morgan fingerprint density at radius 3 is 2.67 bits per heavy atom. The van der Waals surface area contributed by atoms with Crippen molar-refractivity contribution in [1.82, 2.24) is 4.98 Å².